The van der Waals surface area contributed by atoms with Crippen molar-refractivity contribution in [1.82, 2.24) is 9.88 Å². The fraction of sp³-hybridized carbons (Fsp3) is 0.250. The number of carbonyl (C=O) groups excluding carboxylic acids is 2. The quantitative estimate of drug-likeness (QED) is 0.444. The molecule has 5 nitrogen and oxygen atoms in total. The minimum absolute atomic E-state index is 0.214. The van der Waals surface area contributed by atoms with Crippen molar-refractivity contribution in [3.63, 3.8) is 0 Å². The molecule has 0 N–H and O–H groups in total. The predicted octanol–water partition coefficient (Wildman–Crippen LogP) is 1.13. The van der Waals surface area contributed by atoms with Gasteiger partial charge in [-0.05, 0) is 12.1 Å². The molecular weight excluding hydrogens is 220 g/mol. The zero-order valence-corrected chi connectivity index (χ0v) is 10.0. The summed E-state index contributed by atoms with van der Waals surface area (Å²) in [4.78, 5) is 28.6. The third kappa shape index (κ3) is 3.71. The Balaban J connectivity index is 2.92. The van der Waals surface area contributed by atoms with Crippen molar-refractivity contribution < 1.29 is 14.3 Å². The van der Waals surface area contributed by atoms with Gasteiger partial charge in [-0.3, -0.25) is 9.78 Å². The largest absolute Gasteiger partial charge is 0.465 e. The number of methoxy groups -OCH3 is 1. The Bertz CT molecular complexity index is 453. The lowest BCUT2D eigenvalue weighted by atomic mass is 10.2. The molecule has 0 aliphatic carbocycles. The molecule has 0 aliphatic heterocycles. The van der Waals surface area contributed by atoms with Crippen LogP contribution in [0.15, 0.2) is 30.6 Å². The fourth-order valence-electron chi connectivity index (χ4n) is 1.11. The summed E-state index contributed by atoms with van der Waals surface area (Å²) >= 11 is 0. The van der Waals surface area contributed by atoms with Crippen molar-refractivity contribution in [2.75, 3.05) is 21.2 Å². The van der Waals surface area contributed by atoms with Crippen molar-refractivity contribution in [1.29, 1.82) is 0 Å². The van der Waals surface area contributed by atoms with Crippen LogP contribution in [-0.4, -0.2) is 42.8 Å². The molecular formula is C12H14N2O3. The van der Waals surface area contributed by atoms with Crippen molar-refractivity contribution in [2.24, 2.45) is 0 Å². The van der Waals surface area contributed by atoms with E-state index in [1.165, 1.54) is 31.5 Å². The van der Waals surface area contributed by atoms with Crippen LogP contribution < -0.4 is 0 Å². The third-order valence-electron chi connectivity index (χ3n) is 1.96. The maximum atomic E-state index is 11.7. The number of pyridine rings is 1. The molecule has 0 unspecified atom stereocenters. The number of rotatable bonds is 4. The highest BCUT2D eigenvalue weighted by Crippen LogP contribution is 2.05. The maximum Gasteiger partial charge on any atom is 0.337 e. The second kappa shape index (κ2) is 5.79. The second-order valence-corrected chi connectivity index (χ2v) is 3.56. The van der Waals surface area contributed by atoms with Crippen LogP contribution in [0.1, 0.15) is 20.8 Å². The molecule has 90 valence electrons. The van der Waals surface area contributed by atoms with Gasteiger partial charge in [0.05, 0.1) is 12.7 Å². The van der Waals surface area contributed by atoms with Gasteiger partial charge in [-0.1, -0.05) is 0 Å². The van der Waals surface area contributed by atoms with Crippen LogP contribution in [-0.2, 0) is 4.74 Å². The number of esters is 1. The molecule has 17 heavy (non-hydrogen) atoms. The van der Waals surface area contributed by atoms with E-state index in [4.69, 9.17) is 0 Å². The Labute approximate surface area is 99.7 Å². The first-order valence-corrected chi connectivity index (χ1v) is 4.98. The number of ether oxygens (including phenoxy) is 1. The molecule has 1 aromatic heterocycles. The molecule has 0 saturated carbocycles. The van der Waals surface area contributed by atoms with E-state index in [1.807, 2.05) is 14.1 Å². The Kier molecular flexibility index (Phi) is 4.39. The van der Waals surface area contributed by atoms with Gasteiger partial charge >= 0.3 is 5.97 Å². The van der Waals surface area contributed by atoms with Gasteiger partial charge in [0.2, 0.25) is 5.78 Å². The molecule has 0 spiro atoms. The van der Waals surface area contributed by atoms with E-state index < -0.39 is 5.97 Å². The lowest BCUT2D eigenvalue weighted by Gasteiger charge is -2.03. The number of hydrogen-bond donors (Lipinski definition) is 0. The number of hydrogen-bond acceptors (Lipinski definition) is 5. The first-order valence-electron chi connectivity index (χ1n) is 4.98. The Morgan fingerprint density at radius 1 is 1.41 bits per heavy atom. The zero-order chi connectivity index (χ0) is 12.8. The highest BCUT2D eigenvalue weighted by molar-refractivity contribution is 6.04. The first kappa shape index (κ1) is 12.9. The Morgan fingerprint density at radius 3 is 2.71 bits per heavy atom. The van der Waals surface area contributed by atoms with E-state index in [1.54, 1.807) is 11.1 Å². The molecule has 0 aliphatic rings. The highest BCUT2D eigenvalue weighted by atomic mass is 16.5. The topological polar surface area (TPSA) is 59.5 Å². The molecule has 0 atom stereocenters. The minimum atomic E-state index is -0.488. The van der Waals surface area contributed by atoms with Gasteiger partial charge < -0.3 is 9.64 Å². The molecule has 0 amide bonds. The van der Waals surface area contributed by atoms with Gasteiger partial charge in [0.25, 0.3) is 0 Å². The smallest absolute Gasteiger partial charge is 0.337 e. The number of aromatic nitrogens is 1. The van der Waals surface area contributed by atoms with Gasteiger partial charge in [0.1, 0.15) is 5.69 Å². The van der Waals surface area contributed by atoms with Crippen LogP contribution in [0.25, 0.3) is 0 Å². The summed E-state index contributed by atoms with van der Waals surface area (Å²) in [5, 5.41) is 0. The van der Waals surface area contributed by atoms with Gasteiger partial charge in [-0.25, -0.2) is 4.79 Å². The standard InChI is InChI=1S/C12H14N2O3/c1-14(2)7-5-11(15)10-8-9(4-6-13-10)12(16)17-3/h4-8H,1-3H3/b7-5+. The maximum absolute atomic E-state index is 11.7. The van der Waals surface area contributed by atoms with Crippen molar-refractivity contribution in [2.45, 2.75) is 0 Å². The van der Waals surface area contributed by atoms with Crippen molar-refractivity contribution in [3.8, 4) is 0 Å². The van der Waals surface area contributed by atoms with E-state index in [9.17, 15) is 9.59 Å². The normalized spacial score (nSPS) is 10.3. The van der Waals surface area contributed by atoms with E-state index in [0.29, 0.717) is 5.56 Å². The first-order chi connectivity index (χ1) is 8.04. The summed E-state index contributed by atoms with van der Waals surface area (Å²) in [5.74, 6) is -0.748. The third-order valence-corrected chi connectivity index (χ3v) is 1.96. The fourth-order valence-corrected chi connectivity index (χ4v) is 1.11. The van der Waals surface area contributed by atoms with E-state index in [2.05, 4.69) is 9.72 Å². The predicted molar refractivity (Wildman–Crippen MR) is 62.7 cm³/mol. The number of ketones is 1. The molecule has 1 rings (SSSR count). The van der Waals surface area contributed by atoms with Crippen molar-refractivity contribution >= 4 is 11.8 Å². The summed E-state index contributed by atoms with van der Waals surface area (Å²) in [5.41, 5.74) is 0.523. The average molecular weight is 234 g/mol. The second-order valence-electron chi connectivity index (χ2n) is 3.56. The monoisotopic (exact) mass is 234 g/mol. The molecule has 5 heteroatoms. The number of nitrogens with zero attached hydrogens (tertiary/aromatic N) is 2. The molecule has 0 radical (unpaired) electrons. The molecule has 1 heterocycles. The average Bonchev–Trinajstić information content (AvgIpc) is 2.35. The van der Waals surface area contributed by atoms with Crippen LogP contribution in [0.4, 0.5) is 0 Å². The summed E-state index contributed by atoms with van der Waals surface area (Å²) in [6, 6.07) is 2.91. The van der Waals surface area contributed by atoms with Crippen LogP contribution in [0.2, 0.25) is 0 Å². The molecule has 1 aromatic rings. The van der Waals surface area contributed by atoms with Crippen LogP contribution in [0, 0.1) is 0 Å². The van der Waals surface area contributed by atoms with Crippen molar-refractivity contribution in [3.05, 3.63) is 41.9 Å². The highest BCUT2D eigenvalue weighted by Gasteiger charge is 2.09. The van der Waals surface area contributed by atoms with E-state index in [-0.39, 0.29) is 11.5 Å². The lowest BCUT2D eigenvalue weighted by Crippen LogP contribution is -2.07. The summed E-state index contributed by atoms with van der Waals surface area (Å²) < 4.78 is 4.56. The molecule has 0 saturated heterocycles. The van der Waals surface area contributed by atoms with Gasteiger partial charge in [0.15, 0.2) is 0 Å². The Morgan fingerprint density at radius 2 is 2.12 bits per heavy atom. The van der Waals surface area contributed by atoms with Crippen LogP contribution in [0.5, 0.6) is 0 Å². The number of carbonyl (C=O) groups is 2. The van der Waals surface area contributed by atoms with Gasteiger partial charge in [-0.15, -0.1) is 0 Å². The van der Waals surface area contributed by atoms with E-state index >= 15 is 0 Å². The molecule has 0 fully saturated rings. The Hall–Kier alpha value is -2.17. The zero-order valence-electron chi connectivity index (χ0n) is 10.0. The molecule has 0 aromatic carbocycles. The summed E-state index contributed by atoms with van der Waals surface area (Å²) in [6.45, 7) is 0. The SMILES string of the molecule is COC(=O)c1ccnc(C(=O)/C=C/N(C)C)c1. The van der Waals surface area contributed by atoms with E-state index in [0.717, 1.165) is 0 Å². The van der Waals surface area contributed by atoms with Crippen LogP contribution >= 0.6 is 0 Å². The lowest BCUT2D eigenvalue weighted by molar-refractivity contribution is 0.0600. The molecule has 0 bridgehead atoms. The van der Waals surface area contributed by atoms with Gasteiger partial charge in [-0.2, -0.15) is 0 Å². The summed E-state index contributed by atoms with van der Waals surface area (Å²) in [7, 11) is 4.90. The number of allylic oxidation sites excluding steroid dienone is 1. The van der Waals surface area contributed by atoms with Gasteiger partial charge in [0, 0.05) is 32.6 Å². The minimum Gasteiger partial charge on any atom is -0.465 e. The summed E-state index contributed by atoms with van der Waals surface area (Å²) in [6.07, 6.45) is 4.42. The van der Waals surface area contributed by atoms with Crippen LogP contribution in [0.3, 0.4) is 0 Å².